The molecule has 482 valence electrons. The normalized spacial score (nSPS) is 14.4. The molecular weight excluding hydrogens is 1160 g/mol. The summed E-state index contributed by atoms with van der Waals surface area (Å²) in [5.41, 5.74) is 17.6. The number of aliphatic hydroxyl groups excluding tert-OH is 2. The average molecular weight is 1250 g/mol. The predicted octanol–water partition coefficient (Wildman–Crippen LogP) is -2.00. The lowest BCUT2D eigenvalue weighted by atomic mass is 9.86. The predicted molar refractivity (Wildman–Crippen MR) is 324 cm³/mol. The zero-order chi connectivity index (χ0) is 66.4. The first-order valence-electron chi connectivity index (χ1n) is 27.4. The zero-order valence-electron chi connectivity index (χ0n) is 50.6. The Labute approximate surface area is 511 Å². The smallest absolute Gasteiger partial charge is 0.305 e. The van der Waals surface area contributed by atoms with Crippen LogP contribution in [-0.4, -0.2) is 198 Å². The van der Waals surface area contributed by atoms with Gasteiger partial charge in [-0.2, -0.15) is 25.3 Å². The number of aliphatic carboxylic acids is 2. The minimum atomic E-state index is -2.14. The number of nitrogens with two attached hydrogens (primary N) is 3. The monoisotopic (exact) mass is 1250 g/mol. The lowest BCUT2D eigenvalue weighted by Crippen LogP contribution is -2.63. The third-order valence-electron chi connectivity index (χ3n) is 13.0. The average Bonchev–Trinajstić information content (AvgIpc) is 1.48. The number of carbonyl (C=O) groups excluding carboxylic acids is 10. The summed E-state index contributed by atoms with van der Waals surface area (Å²) in [5, 5.41) is 56.6. The van der Waals surface area contributed by atoms with Crippen LogP contribution in [0.15, 0.2) is 41.6 Å². The number of carboxylic acids is 2. The Morgan fingerprint density at radius 3 is 1.70 bits per heavy atom. The summed E-state index contributed by atoms with van der Waals surface area (Å²) in [5.74, 6) is -14.5. The van der Waals surface area contributed by atoms with Crippen LogP contribution in [0.3, 0.4) is 0 Å². The maximum absolute atomic E-state index is 14.7. The first-order valence-corrected chi connectivity index (χ1v) is 28.3. The van der Waals surface area contributed by atoms with Gasteiger partial charge in [-0.25, -0.2) is 0 Å². The quantitative estimate of drug-likeness (QED) is 0.0114. The molecule has 1 aromatic rings. The second-order valence-electron chi connectivity index (χ2n) is 23.3. The SMILES string of the molecule is C=C(O)[C@H](NC(=O)[C@H](CC(=O)O)NC(=O)[C@H](CO)NC(=O)[C@H](CCCN=C(N)N)N(C)C(=O)[C@@H](NC(C)=O)C(C)(C)S)C(=O)NCC(=O)N(CC(C)C)[C@H](C(=O)N[C@@H](Cc1ccc(C(C)(C)C)cc1)C(=O)N[C@@H](CCC(=O)O)CC(N)=O)C(C)(C)S. The van der Waals surface area contributed by atoms with E-state index in [1.54, 1.807) is 26.0 Å². The highest BCUT2D eigenvalue weighted by Gasteiger charge is 2.43. The fourth-order valence-electron chi connectivity index (χ4n) is 8.61. The van der Waals surface area contributed by atoms with Crippen molar-refractivity contribution >= 4 is 102 Å². The summed E-state index contributed by atoms with van der Waals surface area (Å²) in [4.78, 5) is 166. The van der Waals surface area contributed by atoms with E-state index >= 15 is 0 Å². The van der Waals surface area contributed by atoms with E-state index in [0.717, 1.165) is 22.3 Å². The van der Waals surface area contributed by atoms with Crippen LogP contribution in [0.1, 0.15) is 119 Å². The molecule has 0 radical (unpaired) electrons. The van der Waals surface area contributed by atoms with Crippen LogP contribution in [0, 0.1) is 5.92 Å². The Balaban J connectivity index is 3.59. The van der Waals surface area contributed by atoms with Crippen LogP contribution in [0.2, 0.25) is 0 Å². The molecule has 17 N–H and O–H groups in total. The van der Waals surface area contributed by atoms with Gasteiger partial charge in [0.2, 0.25) is 53.2 Å². The highest BCUT2D eigenvalue weighted by Crippen LogP contribution is 2.27. The standard InChI is InChI=1S/C55H89N13O16S2/c1-28(2)26-68(44(55(10,11)86)50(83)64-34(22-31-15-17-32(18-16-31)53(5,6)7)45(78)62-33(23-38(56)72)19-20-40(74)75)39(73)25-60-49(82)42(29(3)70)66-46(79)35(24-41(76)77)63-47(80)36(27-69)65-48(81)37(14-13-21-59-52(57)58)67(12)51(84)43(54(8,9)85)61-30(4)71/h15-18,28,33-37,42-44,69-70,85-86H,3,13-14,19-27H2,1-2,4-12H3,(H2,56,72)(H,60,82)(H,61,71)(H,62,78)(H,63,80)(H,64,83)(H,65,81)(H,66,79)(H,74,75)(H,76,77)(H4,57,58,59)/t33-,34-,35-,36-,37-,42-,43+,44+/m0/s1. The molecule has 8 atom stereocenters. The van der Waals surface area contributed by atoms with E-state index < -0.39 is 167 Å². The number of nitrogens with zero attached hydrogens (tertiary/aromatic N) is 3. The molecule has 29 nitrogen and oxygen atoms in total. The van der Waals surface area contributed by atoms with Gasteiger partial charge in [-0.1, -0.05) is 65.5 Å². The molecule has 0 aromatic heterocycles. The van der Waals surface area contributed by atoms with Gasteiger partial charge in [0, 0.05) is 61.9 Å². The number of amides is 10. The zero-order valence-corrected chi connectivity index (χ0v) is 52.4. The third kappa shape index (κ3) is 26.7. The molecular formula is C55H89N13O16S2. The Kier molecular flexibility index (Phi) is 30.6. The van der Waals surface area contributed by atoms with Gasteiger partial charge in [-0.05, 0) is 69.4 Å². The van der Waals surface area contributed by atoms with Gasteiger partial charge in [0.05, 0.1) is 19.6 Å². The number of hydrogen-bond acceptors (Lipinski definition) is 17. The van der Waals surface area contributed by atoms with Crippen LogP contribution in [0.25, 0.3) is 0 Å². The molecule has 10 amide bonds. The first-order chi connectivity index (χ1) is 39.5. The molecule has 31 heteroatoms. The molecule has 86 heavy (non-hydrogen) atoms. The Morgan fingerprint density at radius 2 is 1.23 bits per heavy atom. The number of aliphatic hydroxyl groups is 2. The minimum Gasteiger partial charge on any atom is -0.510 e. The van der Waals surface area contributed by atoms with Crippen LogP contribution in [-0.2, 0) is 69.4 Å². The number of guanidine groups is 1. The third-order valence-corrected chi connectivity index (χ3v) is 13.5. The van der Waals surface area contributed by atoms with Crippen LogP contribution in [0.5, 0.6) is 0 Å². The maximum atomic E-state index is 14.7. The Morgan fingerprint density at radius 1 is 0.686 bits per heavy atom. The Bertz CT molecular complexity index is 2630. The van der Waals surface area contributed by atoms with Gasteiger partial charge < -0.3 is 84.6 Å². The number of benzene rings is 1. The van der Waals surface area contributed by atoms with Gasteiger partial charge in [0.1, 0.15) is 42.0 Å². The fourth-order valence-corrected chi connectivity index (χ4v) is 9.05. The summed E-state index contributed by atoms with van der Waals surface area (Å²) in [6.07, 6.45) is -2.41. The molecule has 0 fully saturated rings. The second kappa shape index (κ2) is 34.5. The Hall–Kier alpha value is -7.67. The number of primary amides is 1. The molecule has 1 aromatic carbocycles. The first kappa shape index (κ1) is 76.3. The summed E-state index contributed by atoms with van der Waals surface area (Å²) in [7, 11) is 1.23. The molecule has 1 rings (SSSR count). The number of aliphatic imine (C=N–C) groups is 1. The fraction of sp³-hybridized carbons (Fsp3) is 0.618. The van der Waals surface area contributed by atoms with E-state index in [1.165, 1.54) is 34.7 Å². The van der Waals surface area contributed by atoms with Crippen molar-refractivity contribution in [2.45, 2.75) is 177 Å². The lowest BCUT2D eigenvalue weighted by Gasteiger charge is -2.40. The molecule has 0 bridgehead atoms. The summed E-state index contributed by atoms with van der Waals surface area (Å²) < 4.78 is -2.58. The van der Waals surface area contributed by atoms with E-state index in [2.05, 4.69) is 74.0 Å². The highest BCUT2D eigenvalue weighted by atomic mass is 32.1. The molecule has 0 heterocycles. The van der Waals surface area contributed by atoms with Crippen molar-refractivity contribution in [1.29, 1.82) is 0 Å². The molecule has 0 aliphatic heterocycles. The van der Waals surface area contributed by atoms with E-state index in [9.17, 15) is 78.0 Å². The summed E-state index contributed by atoms with van der Waals surface area (Å²) >= 11 is 9.12. The van der Waals surface area contributed by atoms with Crippen LogP contribution >= 0.6 is 25.3 Å². The van der Waals surface area contributed by atoms with Gasteiger partial charge in [-0.3, -0.25) is 62.5 Å². The van der Waals surface area contributed by atoms with Crippen molar-refractivity contribution in [1.82, 2.24) is 47.0 Å². The number of nitrogens with one attached hydrogen (secondary N) is 7. The van der Waals surface area contributed by atoms with E-state index in [-0.39, 0.29) is 56.1 Å². The highest BCUT2D eigenvalue weighted by molar-refractivity contribution is 7.82. The van der Waals surface area contributed by atoms with Gasteiger partial charge >= 0.3 is 11.9 Å². The van der Waals surface area contributed by atoms with Gasteiger partial charge in [0.25, 0.3) is 5.91 Å². The van der Waals surface area contributed by atoms with Crippen molar-refractivity contribution in [2.75, 3.05) is 33.3 Å². The van der Waals surface area contributed by atoms with Crippen molar-refractivity contribution in [3.63, 3.8) is 0 Å². The molecule has 0 spiro atoms. The molecule has 0 saturated carbocycles. The maximum Gasteiger partial charge on any atom is 0.305 e. The van der Waals surface area contributed by atoms with Crippen molar-refractivity contribution in [2.24, 2.45) is 28.1 Å². The lowest BCUT2D eigenvalue weighted by molar-refractivity contribution is -0.144. The largest absolute Gasteiger partial charge is 0.510 e. The van der Waals surface area contributed by atoms with Crippen molar-refractivity contribution in [3.05, 3.63) is 47.7 Å². The van der Waals surface area contributed by atoms with E-state index in [4.69, 9.17) is 17.2 Å². The number of likely N-dealkylation sites (N-methyl/N-ethyl adjacent to an activating group) is 1. The van der Waals surface area contributed by atoms with Gasteiger partial charge in [0.15, 0.2) is 12.0 Å². The minimum absolute atomic E-state index is 0.0138. The second-order valence-corrected chi connectivity index (χ2v) is 25.6. The van der Waals surface area contributed by atoms with Crippen molar-refractivity contribution in [3.8, 4) is 0 Å². The summed E-state index contributed by atoms with van der Waals surface area (Å²) in [6, 6.07) is -5.61. The van der Waals surface area contributed by atoms with E-state index in [1.807, 2.05) is 32.9 Å². The van der Waals surface area contributed by atoms with E-state index in [0.29, 0.717) is 5.56 Å². The summed E-state index contributed by atoms with van der Waals surface area (Å²) in [6.45, 7) is 17.7. The number of carbonyl (C=O) groups is 12. The topological polar surface area (TPSA) is 467 Å². The number of carboxylic acid groups (broad SMARTS) is 2. The number of thiol groups is 2. The van der Waals surface area contributed by atoms with Gasteiger partial charge in [-0.15, -0.1) is 0 Å². The van der Waals surface area contributed by atoms with Crippen LogP contribution < -0.4 is 54.4 Å². The molecule has 0 saturated heterocycles. The molecule has 0 aliphatic rings. The number of rotatable bonds is 36. The number of hydrogen-bond donors (Lipinski definition) is 16. The van der Waals surface area contributed by atoms with Crippen molar-refractivity contribution < 1.29 is 78.0 Å². The molecule has 0 aliphatic carbocycles. The van der Waals surface area contributed by atoms with Crippen LogP contribution in [0.4, 0.5) is 0 Å². The molecule has 0 unspecified atom stereocenters.